The summed E-state index contributed by atoms with van der Waals surface area (Å²) in [6, 6.07) is 9.52. The van der Waals surface area contributed by atoms with Crippen LogP contribution >= 0.6 is 0 Å². The van der Waals surface area contributed by atoms with Gasteiger partial charge in [-0.15, -0.1) is 0 Å². The molecular formula is C14H14N2O2. The van der Waals surface area contributed by atoms with Crippen LogP contribution in [0.4, 0.5) is 0 Å². The van der Waals surface area contributed by atoms with Crippen LogP contribution in [0, 0.1) is 0 Å². The SMILES string of the molecule is CC(C)c1nc(-c2ccccc2)ncc1C(=O)O. The van der Waals surface area contributed by atoms with Gasteiger partial charge in [0.25, 0.3) is 0 Å². The average Bonchev–Trinajstić information content (AvgIpc) is 2.39. The quantitative estimate of drug-likeness (QED) is 0.898. The second kappa shape index (κ2) is 4.96. The molecule has 0 aliphatic carbocycles. The molecular weight excluding hydrogens is 228 g/mol. The second-order valence-corrected chi connectivity index (χ2v) is 4.32. The van der Waals surface area contributed by atoms with E-state index < -0.39 is 5.97 Å². The Labute approximate surface area is 105 Å². The number of hydrogen-bond acceptors (Lipinski definition) is 3. The van der Waals surface area contributed by atoms with Crippen LogP contribution in [0.15, 0.2) is 36.5 Å². The predicted octanol–water partition coefficient (Wildman–Crippen LogP) is 2.97. The number of hydrogen-bond donors (Lipinski definition) is 1. The van der Waals surface area contributed by atoms with Crippen molar-refractivity contribution in [3.8, 4) is 11.4 Å². The number of rotatable bonds is 3. The van der Waals surface area contributed by atoms with Crippen molar-refractivity contribution < 1.29 is 9.90 Å². The van der Waals surface area contributed by atoms with E-state index in [4.69, 9.17) is 5.11 Å². The molecule has 1 heterocycles. The summed E-state index contributed by atoms with van der Waals surface area (Å²) in [6.45, 7) is 3.84. The second-order valence-electron chi connectivity index (χ2n) is 4.32. The molecule has 0 bridgehead atoms. The Hall–Kier alpha value is -2.23. The monoisotopic (exact) mass is 242 g/mol. The molecule has 0 spiro atoms. The maximum Gasteiger partial charge on any atom is 0.339 e. The normalized spacial score (nSPS) is 10.6. The Balaban J connectivity index is 2.54. The van der Waals surface area contributed by atoms with Gasteiger partial charge in [0.1, 0.15) is 0 Å². The lowest BCUT2D eigenvalue weighted by Crippen LogP contribution is -2.08. The number of aromatic nitrogens is 2. The van der Waals surface area contributed by atoms with E-state index in [1.54, 1.807) is 0 Å². The fraction of sp³-hybridized carbons (Fsp3) is 0.214. The fourth-order valence-electron chi connectivity index (χ4n) is 1.73. The Morgan fingerprint density at radius 3 is 2.44 bits per heavy atom. The van der Waals surface area contributed by atoms with Crippen molar-refractivity contribution in [2.24, 2.45) is 0 Å². The van der Waals surface area contributed by atoms with E-state index >= 15 is 0 Å². The molecule has 0 aliphatic rings. The van der Waals surface area contributed by atoms with E-state index in [2.05, 4.69) is 9.97 Å². The summed E-state index contributed by atoms with van der Waals surface area (Å²) < 4.78 is 0. The van der Waals surface area contributed by atoms with Gasteiger partial charge in [0.2, 0.25) is 0 Å². The molecule has 2 rings (SSSR count). The maximum atomic E-state index is 11.1. The molecule has 0 saturated carbocycles. The Bertz CT molecular complexity index is 565. The van der Waals surface area contributed by atoms with E-state index in [1.807, 2.05) is 44.2 Å². The van der Waals surface area contributed by atoms with Gasteiger partial charge in [-0.3, -0.25) is 0 Å². The zero-order valence-corrected chi connectivity index (χ0v) is 10.3. The van der Waals surface area contributed by atoms with Crippen molar-refractivity contribution in [1.82, 2.24) is 9.97 Å². The largest absolute Gasteiger partial charge is 0.478 e. The van der Waals surface area contributed by atoms with Crippen LogP contribution < -0.4 is 0 Å². The number of aromatic carboxylic acids is 1. The molecule has 92 valence electrons. The van der Waals surface area contributed by atoms with E-state index in [0.717, 1.165) is 5.56 Å². The van der Waals surface area contributed by atoms with Gasteiger partial charge in [0.05, 0.1) is 11.3 Å². The highest BCUT2D eigenvalue weighted by Crippen LogP contribution is 2.21. The first-order chi connectivity index (χ1) is 8.59. The van der Waals surface area contributed by atoms with Gasteiger partial charge in [-0.1, -0.05) is 44.2 Å². The number of nitrogens with zero attached hydrogens (tertiary/aromatic N) is 2. The van der Waals surface area contributed by atoms with E-state index in [0.29, 0.717) is 11.5 Å². The third kappa shape index (κ3) is 2.37. The predicted molar refractivity (Wildman–Crippen MR) is 68.5 cm³/mol. The average molecular weight is 242 g/mol. The molecule has 1 N–H and O–H groups in total. The first-order valence-electron chi connectivity index (χ1n) is 5.75. The first-order valence-corrected chi connectivity index (χ1v) is 5.75. The molecule has 0 saturated heterocycles. The molecule has 18 heavy (non-hydrogen) atoms. The molecule has 1 aromatic heterocycles. The summed E-state index contributed by atoms with van der Waals surface area (Å²) in [7, 11) is 0. The molecule has 2 aromatic rings. The van der Waals surface area contributed by atoms with E-state index in [-0.39, 0.29) is 11.5 Å². The van der Waals surface area contributed by atoms with Gasteiger partial charge in [0, 0.05) is 11.8 Å². The van der Waals surface area contributed by atoms with Crippen LogP contribution in [-0.2, 0) is 0 Å². The van der Waals surface area contributed by atoms with Crippen molar-refractivity contribution in [2.45, 2.75) is 19.8 Å². The van der Waals surface area contributed by atoms with Gasteiger partial charge >= 0.3 is 5.97 Å². The summed E-state index contributed by atoms with van der Waals surface area (Å²) in [5.74, 6) is -0.385. The van der Waals surface area contributed by atoms with Crippen LogP contribution in [0.25, 0.3) is 11.4 Å². The Morgan fingerprint density at radius 2 is 1.89 bits per heavy atom. The van der Waals surface area contributed by atoms with Crippen LogP contribution in [0.2, 0.25) is 0 Å². The number of carboxylic acid groups (broad SMARTS) is 1. The number of benzene rings is 1. The molecule has 4 nitrogen and oxygen atoms in total. The van der Waals surface area contributed by atoms with Gasteiger partial charge in [-0.2, -0.15) is 0 Å². The van der Waals surface area contributed by atoms with Crippen molar-refractivity contribution in [1.29, 1.82) is 0 Å². The van der Waals surface area contributed by atoms with Crippen molar-refractivity contribution in [3.05, 3.63) is 47.8 Å². The van der Waals surface area contributed by atoms with Gasteiger partial charge < -0.3 is 5.11 Å². The molecule has 0 atom stereocenters. The van der Waals surface area contributed by atoms with Gasteiger partial charge in [0.15, 0.2) is 5.82 Å². The fourth-order valence-corrected chi connectivity index (χ4v) is 1.73. The van der Waals surface area contributed by atoms with Crippen LogP contribution in [0.1, 0.15) is 35.8 Å². The van der Waals surface area contributed by atoms with Crippen molar-refractivity contribution in [2.75, 3.05) is 0 Å². The lowest BCUT2D eigenvalue weighted by atomic mass is 10.0. The summed E-state index contributed by atoms with van der Waals surface area (Å²) in [4.78, 5) is 19.6. The lowest BCUT2D eigenvalue weighted by molar-refractivity contribution is 0.0694. The van der Waals surface area contributed by atoms with E-state index in [9.17, 15) is 4.79 Å². The number of carboxylic acids is 1. The molecule has 0 radical (unpaired) electrons. The zero-order chi connectivity index (χ0) is 13.1. The van der Waals surface area contributed by atoms with Crippen LogP contribution in [-0.4, -0.2) is 21.0 Å². The molecule has 0 unspecified atom stereocenters. The van der Waals surface area contributed by atoms with Crippen molar-refractivity contribution in [3.63, 3.8) is 0 Å². The smallest absolute Gasteiger partial charge is 0.339 e. The Kier molecular flexibility index (Phi) is 3.37. The summed E-state index contributed by atoms with van der Waals surface area (Å²) >= 11 is 0. The van der Waals surface area contributed by atoms with Crippen molar-refractivity contribution >= 4 is 5.97 Å². The lowest BCUT2D eigenvalue weighted by Gasteiger charge is -2.10. The molecule has 0 fully saturated rings. The van der Waals surface area contributed by atoms with Crippen LogP contribution in [0.5, 0.6) is 0 Å². The summed E-state index contributed by atoms with van der Waals surface area (Å²) in [5.41, 5.74) is 1.62. The topological polar surface area (TPSA) is 63.1 Å². The summed E-state index contributed by atoms with van der Waals surface area (Å²) in [5, 5.41) is 9.10. The minimum absolute atomic E-state index is 0.0431. The van der Waals surface area contributed by atoms with Crippen LogP contribution in [0.3, 0.4) is 0 Å². The number of carbonyl (C=O) groups is 1. The Morgan fingerprint density at radius 1 is 1.22 bits per heavy atom. The van der Waals surface area contributed by atoms with Gasteiger partial charge in [-0.05, 0) is 5.92 Å². The third-order valence-corrected chi connectivity index (χ3v) is 2.63. The standard InChI is InChI=1S/C14H14N2O2/c1-9(2)12-11(14(17)18)8-15-13(16-12)10-6-4-3-5-7-10/h3-9H,1-2H3,(H,17,18). The van der Waals surface area contributed by atoms with Gasteiger partial charge in [-0.25, -0.2) is 14.8 Å². The summed E-state index contributed by atoms with van der Waals surface area (Å²) in [6.07, 6.45) is 1.38. The maximum absolute atomic E-state index is 11.1. The molecule has 0 amide bonds. The highest BCUT2D eigenvalue weighted by Gasteiger charge is 2.16. The minimum atomic E-state index is -0.988. The zero-order valence-electron chi connectivity index (χ0n) is 10.3. The highest BCUT2D eigenvalue weighted by atomic mass is 16.4. The highest BCUT2D eigenvalue weighted by molar-refractivity contribution is 5.88. The molecule has 0 aliphatic heterocycles. The van der Waals surface area contributed by atoms with E-state index in [1.165, 1.54) is 6.20 Å². The molecule has 4 heteroatoms. The third-order valence-electron chi connectivity index (χ3n) is 2.63. The minimum Gasteiger partial charge on any atom is -0.478 e. The first kappa shape index (κ1) is 12.2. The molecule has 1 aromatic carbocycles.